The van der Waals surface area contributed by atoms with Crippen LogP contribution in [0.2, 0.25) is 0 Å². The average Bonchev–Trinajstić information content (AvgIpc) is 3.36. The van der Waals surface area contributed by atoms with Gasteiger partial charge in [-0.1, -0.05) is 0 Å². The topological polar surface area (TPSA) is 122 Å². The number of hydrogen-bond acceptors (Lipinski definition) is 8. The standard InChI is InChI=1S/C26H29F2N7O4/c1-30-12-17(10-29)35-23-15(11-31-25-18(23)8-16(32-25)14-33-4-6-39-7-5-33)13-34(26(35)36)24-21(27)19(37-2)9-20(38-3)22(24)28/h8-12H,4-7,13-14,29H2,1-3H3,(H,31,32)/b17-10+,30-12?. The number of benzene rings is 1. The minimum atomic E-state index is -1.04. The molecule has 0 spiro atoms. The maximum absolute atomic E-state index is 15.5. The summed E-state index contributed by atoms with van der Waals surface area (Å²) < 4.78 is 46.6. The van der Waals surface area contributed by atoms with Crippen LogP contribution in [-0.2, 0) is 17.8 Å². The third kappa shape index (κ3) is 4.63. The monoisotopic (exact) mass is 541 g/mol. The van der Waals surface area contributed by atoms with Gasteiger partial charge in [0.2, 0.25) is 0 Å². The van der Waals surface area contributed by atoms with Gasteiger partial charge in [-0.3, -0.25) is 19.7 Å². The van der Waals surface area contributed by atoms with Gasteiger partial charge in [-0.2, -0.15) is 0 Å². The number of ether oxygens (including phenoxy) is 3. The summed E-state index contributed by atoms with van der Waals surface area (Å²) >= 11 is 0. The molecule has 1 aromatic carbocycles. The second kappa shape index (κ2) is 10.9. The number of fused-ring (bicyclic) bond motifs is 3. The SMILES string of the molecule is CN=C/C(=C\N)N1C(=O)N(c2c(F)c(OC)cc(OC)c2F)Cc2cnc3[nH]c(CN4CCOCC4)cc3c21. The van der Waals surface area contributed by atoms with Gasteiger partial charge in [0.15, 0.2) is 23.1 Å². The molecule has 206 valence electrons. The van der Waals surface area contributed by atoms with E-state index in [-0.39, 0.29) is 23.7 Å². The molecule has 2 aromatic heterocycles. The second-order valence-corrected chi connectivity index (χ2v) is 9.02. The molecular formula is C26H29F2N7O4. The lowest BCUT2D eigenvalue weighted by Gasteiger charge is -2.37. The summed E-state index contributed by atoms with van der Waals surface area (Å²) in [4.78, 5) is 30.5. The Labute approximate surface area is 223 Å². The number of nitrogens with zero attached hydrogens (tertiary/aromatic N) is 5. The van der Waals surface area contributed by atoms with Crippen molar-refractivity contribution < 1.29 is 27.8 Å². The number of aromatic amines is 1. The number of nitrogens with one attached hydrogen (secondary N) is 1. The van der Waals surface area contributed by atoms with E-state index in [0.29, 0.717) is 42.0 Å². The maximum Gasteiger partial charge on any atom is 0.334 e. The number of halogens is 2. The second-order valence-electron chi connectivity index (χ2n) is 9.02. The van der Waals surface area contributed by atoms with Crippen molar-refractivity contribution in [1.29, 1.82) is 0 Å². The van der Waals surface area contributed by atoms with Gasteiger partial charge >= 0.3 is 6.03 Å². The van der Waals surface area contributed by atoms with Gasteiger partial charge in [-0.15, -0.1) is 0 Å². The van der Waals surface area contributed by atoms with Crippen LogP contribution in [-0.4, -0.2) is 74.7 Å². The Morgan fingerprint density at radius 1 is 1.18 bits per heavy atom. The molecule has 0 aliphatic carbocycles. The lowest BCUT2D eigenvalue weighted by atomic mass is 10.1. The molecular weight excluding hydrogens is 512 g/mol. The molecule has 5 rings (SSSR count). The molecule has 3 aromatic rings. The number of rotatable bonds is 7. The Morgan fingerprint density at radius 2 is 1.87 bits per heavy atom. The first kappa shape index (κ1) is 26.4. The summed E-state index contributed by atoms with van der Waals surface area (Å²) in [6.45, 7) is 3.40. The third-order valence-corrected chi connectivity index (χ3v) is 6.74. The fourth-order valence-corrected chi connectivity index (χ4v) is 4.91. The summed E-state index contributed by atoms with van der Waals surface area (Å²) in [6.07, 6.45) is 4.19. The van der Waals surface area contributed by atoms with Crippen molar-refractivity contribution in [3.8, 4) is 11.5 Å². The number of amides is 2. The molecule has 4 heterocycles. The van der Waals surface area contributed by atoms with Crippen LogP contribution in [0, 0.1) is 11.6 Å². The Kier molecular flexibility index (Phi) is 7.35. The zero-order chi connectivity index (χ0) is 27.7. The number of nitrogens with two attached hydrogens (primary N) is 1. The number of carbonyl (C=O) groups excluding carboxylic acids is 1. The molecule has 0 radical (unpaired) electrons. The van der Waals surface area contributed by atoms with E-state index < -0.39 is 23.4 Å². The Morgan fingerprint density at radius 3 is 2.49 bits per heavy atom. The van der Waals surface area contributed by atoms with Crippen molar-refractivity contribution in [3.05, 3.63) is 53.1 Å². The van der Waals surface area contributed by atoms with E-state index in [0.717, 1.165) is 29.7 Å². The van der Waals surface area contributed by atoms with E-state index >= 15 is 8.78 Å². The van der Waals surface area contributed by atoms with Crippen molar-refractivity contribution >= 4 is 34.7 Å². The summed E-state index contributed by atoms with van der Waals surface area (Å²) in [5.74, 6) is -2.63. The largest absolute Gasteiger partial charge is 0.493 e. The third-order valence-electron chi connectivity index (χ3n) is 6.74. The number of pyridine rings is 1. The van der Waals surface area contributed by atoms with Gasteiger partial charge in [-0.05, 0) is 6.07 Å². The van der Waals surface area contributed by atoms with Gasteiger partial charge < -0.3 is 24.9 Å². The molecule has 2 aliphatic rings. The van der Waals surface area contributed by atoms with Crippen molar-refractivity contribution in [1.82, 2.24) is 14.9 Å². The smallest absolute Gasteiger partial charge is 0.334 e. The summed E-state index contributed by atoms with van der Waals surface area (Å²) in [5, 5.41) is 0.664. The highest BCUT2D eigenvalue weighted by molar-refractivity contribution is 6.16. The van der Waals surface area contributed by atoms with Gasteiger partial charge in [0.05, 0.1) is 45.4 Å². The molecule has 11 nitrogen and oxygen atoms in total. The average molecular weight is 542 g/mol. The van der Waals surface area contributed by atoms with E-state index in [2.05, 4.69) is 19.9 Å². The van der Waals surface area contributed by atoms with E-state index in [1.54, 1.807) is 6.20 Å². The number of H-pyrrole nitrogens is 1. The molecule has 0 unspecified atom stereocenters. The summed E-state index contributed by atoms with van der Waals surface area (Å²) in [7, 11) is 4.02. The first-order valence-corrected chi connectivity index (χ1v) is 12.3. The van der Waals surface area contributed by atoms with Gasteiger partial charge in [0.25, 0.3) is 0 Å². The zero-order valence-corrected chi connectivity index (χ0v) is 21.8. The Bertz CT molecular complexity index is 1440. The van der Waals surface area contributed by atoms with Gasteiger partial charge in [-0.25, -0.2) is 18.6 Å². The van der Waals surface area contributed by atoms with Gasteiger partial charge in [0, 0.05) is 68.0 Å². The first-order chi connectivity index (χ1) is 18.9. The molecule has 13 heteroatoms. The number of carbonyl (C=O) groups is 1. The Hall–Kier alpha value is -4.23. The molecule has 0 saturated carbocycles. The van der Waals surface area contributed by atoms with Crippen LogP contribution < -0.4 is 25.0 Å². The van der Waals surface area contributed by atoms with Crippen LogP contribution in [0.1, 0.15) is 11.3 Å². The normalized spacial score (nSPS) is 16.8. The highest BCUT2D eigenvalue weighted by Crippen LogP contribution is 2.43. The number of allylic oxidation sites excluding steroid dienone is 1. The highest BCUT2D eigenvalue weighted by atomic mass is 19.1. The van der Waals surface area contributed by atoms with Crippen molar-refractivity contribution in [3.63, 3.8) is 0 Å². The summed E-state index contributed by atoms with van der Waals surface area (Å²) in [6, 6.07) is 2.28. The molecule has 39 heavy (non-hydrogen) atoms. The minimum absolute atomic E-state index is 0.164. The molecule has 3 N–H and O–H groups in total. The molecule has 1 fully saturated rings. The highest BCUT2D eigenvalue weighted by Gasteiger charge is 2.39. The van der Waals surface area contributed by atoms with Crippen LogP contribution >= 0.6 is 0 Å². The van der Waals surface area contributed by atoms with E-state index in [1.165, 1.54) is 38.6 Å². The fourth-order valence-electron chi connectivity index (χ4n) is 4.91. The lowest BCUT2D eigenvalue weighted by Crippen LogP contribution is -2.48. The number of anilines is 2. The van der Waals surface area contributed by atoms with Crippen LogP contribution in [0.15, 0.2) is 35.2 Å². The number of urea groups is 1. The Balaban J connectivity index is 1.67. The van der Waals surface area contributed by atoms with Crippen molar-refractivity contribution in [2.24, 2.45) is 10.7 Å². The van der Waals surface area contributed by atoms with Crippen molar-refractivity contribution in [2.75, 3.05) is 57.4 Å². The number of aromatic nitrogens is 2. The van der Waals surface area contributed by atoms with Crippen LogP contribution in [0.3, 0.4) is 0 Å². The van der Waals surface area contributed by atoms with E-state index in [4.69, 9.17) is 19.9 Å². The number of methoxy groups -OCH3 is 2. The van der Waals surface area contributed by atoms with Crippen molar-refractivity contribution in [2.45, 2.75) is 13.1 Å². The molecule has 2 amide bonds. The first-order valence-electron chi connectivity index (χ1n) is 12.3. The van der Waals surface area contributed by atoms with E-state index in [1.807, 2.05) is 6.07 Å². The molecule has 0 atom stereocenters. The predicted molar refractivity (Wildman–Crippen MR) is 142 cm³/mol. The number of morpholine rings is 1. The molecule has 0 bridgehead atoms. The maximum atomic E-state index is 15.5. The van der Waals surface area contributed by atoms with Gasteiger partial charge in [0.1, 0.15) is 11.3 Å². The zero-order valence-electron chi connectivity index (χ0n) is 21.8. The fraction of sp³-hybridized carbons (Fsp3) is 0.346. The lowest BCUT2D eigenvalue weighted by molar-refractivity contribution is 0.0337. The quantitative estimate of drug-likeness (QED) is 0.441. The van der Waals surface area contributed by atoms with E-state index in [9.17, 15) is 4.79 Å². The predicted octanol–water partition coefficient (Wildman–Crippen LogP) is 3.14. The molecule has 1 saturated heterocycles. The minimum Gasteiger partial charge on any atom is -0.493 e. The number of aliphatic imine (C=N–C) groups is 1. The van der Waals surface area contributed by atoms with Crippen LogP contribution in [0.4, 0.5) is 25.0 Å². The summed E-state index contributed by atoms with van der Waals surface area (Å²) in [5.41, 5.74) is 8.03. The van der Waals surface area contributed by atoms with Crippen LogP contribution in [0.25, 0.3) is 11.0 Å². The van der Waals surface area contributed by atoms with Crippen LogP contribution in [0.5, 0.6) is 11.5 Å². The molecule has 2 aliphatic heterocycles. The number of hydrogen-bond donors (Lipinski definition) is 2.